The van der Waals surface area contributed by atoms with Crippen LogP contribution in [-0.2, 0) is 11.3 Å². The number of oxazole rings is 1. The first-order chi connectivity index (χ1) is 18.0. The first kappa shape index (κ1) is 25.4. The molecule has 0 atom stereocenters. The van der Waals surface area contributed by atoms with Gasteiger partial charge in [-0.1, -0.05) is 26.3 Å². The summed E-state index contributed by atoms with van der Waals surface area (Å²) in [7, 11) is 1.68. The summed E-state index contributed by atoms with van der Waals surface area (Å²) in [6.45, 7) is 7.81. The van der Waals surface area contributed by atoms with Gasteiger partial charge < -0.3 is 24.5 Å². The summed E-state index contributed by atoms with van der Waals surface area (Å²) in [6, 6.07) is 12.7. The van der Waals surface area contributed by atoms with Gasteiger partial charge in [-0.15, -0.1) is 0 Å². The molecule has 0 spiro atoms. The second-order valence-electron chi connectivity index (χ2n) is 10.7. The third kappa shape index (κ3) is 6.36. The molecule has 1 amide bonds. The van der Waals surface area contributed by atoms with Crippen LogP contribution in [0.25, 0.3) is 11.1 Å². The van der Waals surface area contributed by atoms with Crippen molar-refractivity contribution in [3.8, 4) is 11.5 Å². The fourth-order valence-electron chi connectivity index (χ4n) is 4.84. The number of amides is 1. The summed E-state index contributed by atoms with van der Waals surface area (Å²) >= 11 is 0. The van der Waals surface area contributed by atoms with Gasteiger partial charge in [0, 0.05) is 37.3 Å². The molecule has 1 saturated carbocycles. The zero-order valence-electron chi connectivity index (χ0n) is 22.1. The van der Waals surface area contributed by atoms with Crippen molar-refractivity contribution >= 4 is 28.7 Å². The van der Waals surface area contributed by atoms with E-state index in [1.807, 2.05) is 24.3 Å². The molecule has 0 unspecified atom stereocenters. The van der Waals surface area contributed by atoms with Crippen molar-refractivity contribution in [1.29, 1.82) is 0 Å². The lowest BCUT2D eigenvalue weighted by molar-refractivity contribution is -0.122. The van der Waals surface area contributed by atoms with E-state index in [-0.39, 0.29) is 11.8 Å². The van der Waals surface area contributed by atoms with E-state index in [1.165, 1.54) is 5.56 Å². The Labute approximate surface area is 218 Å². The second kappa shape index (κ2) is 11.4. The maximum absolute atomic E-state index is 12.3. The average Bonchev–Trinajstić information content (AvgIpc) is 3.24. The topological polar surface area (TPSA) is 88.9 Å². The van der Waals surface area contributed by atoms with Crippen molar-refractivity contribution in [2.24, 2.45) is 11.8 Å². The van der Waals surface area contributed by atoms with E-state index in [0.29, 0.717) is 24.6 Å². The Morgan fingerprint density at radius 2 is 1.92 bits per heavy atom. The van der Waals surface area contributed by atoms with E-state index in [0.717, 1.165) is 80.0 Å². The molecule has 0 bridgehead atoms. The fraction of sp³-hybridized carbons (Fsp3) is 0.517. The summed E-state index contributed by atoms with van der Waals surface area (Å²) in [6.07, 6.45) is 5.13. The molecule has 3 aromatic rings. The quantitative estimate of drug-likeness (QED) is 0.365. The molecule has 2 aromatic carbocycles. The smallest absolute Gasteiger partial charge is 0.295 e. The first-order valence-electron chi connectivity index (χ1n) is 13.5. The Hall–Kier alpha value is -3.26. The predicted molar refractivity (Wildman–Crippen MR) is 145 cm³/mol. The number of benzene rings is 2. The van der Waals surface area contributed by atoms with E-state index < -0.39 is 0 Å². The summed E-state index contributed by atoms with van der Waals surface area (Å²) in [5.41, 5.74) is 3.47. The number of fused-ring (bicyclic) bond motifs is 1. The van der Waals surface area contributed by atoms with Crippen molar-refractivity contribution < 1.29 is 18.7 Å². The highest BCUT2D eigenvalue weighted by molar-refractivity contribution is 5.94. The van der Waals surface area contributed by atoms with Gasteiger partial charge in [0.05, 0.1) is 13.7 Å². The van der Waals surface area contributed by atoms with E-state index >= 15 is 0 Å². The van der Waals surface area contributed by atoms with Crippen molar-refractivity contribution in [3.05, 3.63) is 42.0 Å². The molecule has 1 aromatic heterocycles. The van der Waals surface area contributed by atoms with Crippen molar-refractivity contribution in [2.75, 3.05) is 37.4 Å². The molecule has 0 radical (unpaired) electrons. The van der Waals surface area contributed by atoms with Crippen LogP contribution in [0.3, 0.4) is 0 Å². The number of rotatable bonds is 10. The number of nitrogens with one attached hydrogen (secondary N) is 2. The Balaban J connectivity index is 1.13. The molecule has 2 N–H and O–H groups in total. The fourth-order valence-corrected chi connectivity index (χ4v) is 4.84. The van der Waals surface area contributed by atoms with Crippen LogP contribution in [0.15, 0.2) is 40.8 Å². The molecule has 8 nitrogen and oxygen atoms in total. The molecular weight excluding hydrogens is 468 g/mol. The molecule has 5 rings (SSSR count). The largest absolute Gasteiger partial charge is 0.493 e. The molecule has 1 aliphatic carbocycles. The van der Waals surface area contributed by atoms with Gasteiger partial charge >= 0.3 is 0 Å². The highest BCUT2D eigenvalue weighted by Crippen LogP contribution is 2.31. The molecule has 8 heteroatoms. The zero-order chi connectivity index (χ0) is 25.8. The van der Waals surface area contributed by atoms with Crippen molar-refractivity contribution in [2.45, 2.75) is 58.5 Å². The van der Waals surface area contributed by atoms with Gasteiger partial charge in [-0.05, 0) is 67.5 Å². The normalized spacial score (nSPS) is 17.1. The number of nitrogens with zero attached hydrogens (tertiary/aromatic N) is 2. The van der Waals surface area contributed by atoms with Crippen LogP contribution in [0.4, 0.5) is 11.7 Å². The van der Waals surface area contributed by atoms with E-state index in [9.17, 15) is 4.79 Å². The van der Waals surface area contributed by atoms with E-state index in [2.05, 4.69) is 46.5 Å². The van der Waals surface area contributed by atoms with Crippen LogP contribution < -0.4 is 20.1 Å². The lowest BCUT2D eigenvalue weighted by Crippen LogP contribution is -2.38. The Kier molecular flexibility index (Phi) is 7.84. The van der Waals surface area contributed by atoms with E-state index in [1.54, 1.807) is 7.11 Å². The van der Waals surface area contributed by atoms with Gasteiger partial charge in [0.25, 0.3) is 6.01 Å². The standard InChI is InChI=1S/C29H38N4O4/c1-19(2)18-36-27-15-20(7-9-26(27)35-3)17-33-13-11-22(12-14-33)31-29-32-24-16-23(8-10-25(24)37-29)30-28(34)21-5-4-6-21/h7-10,15-16,19,21-22H,4-6,11-14,17-18H2,1-3H3,(H,30,34)(H,31,32). The van der Waals surface area contributed by atoms with Crippen LogP contribution in [0, 0.1) is 11.8 Å². The summed E-state index contributed by atoms with van der Waals surface area (Å²) < 4.78 is 17.4. The number of ether oxygens (including phenoxy) is 2. The SMILES string of the molecule is COc1ccc(CN2CCC(Nc3nc4cc(NC(=O)C5CCC5)ccc4o3)CC2)cc1OCC(C)C. The highest BCUT2D eigenvalue weighted by atomic mass is 16.5. The maximum Gasteiger partial charge on any atom is 0.295 e. The third-order valence-corrected chi connectivity index (χ3v) is 7.25. The first-order valence-corrected chi connectivity index (χ1v) is 13.5. The minimum absolute atomic E-state index is 0.105. The molecule has 198 valence electrons. The van der Waals surface area contributed by atoms with Crippen molar-refractivity contribution in [3.63, 3.8) is 0 Å². The number of methoxy groups -OCH3 is 1. The summed E-state index contributed by atoms with van der Waals surface area (Å²) in [4.78, 5) is 19.4. The summed E-state index contributed by atoms with van der Waals surface area (Å²) in [5, 5.41) is 6.49. The lowest BCUT2D eigenvalue weighted by atomic mass is 9.85. The number of carbonyl (C=O) groups is 1. The Morgan fingerprint density at radius 1 is 1.11 bits per heavy atom. The van der Waals surface area contributed by atoms with Crippen molar-refractivity contribution in [1.82, 2.24) is 9.88 Å². The number of piperidine rings is 1. The number of hydrogen-bond acceptors (Lipinski definition) is 7. The van der Waals surface area contributed by atoms with E-state index in [4.69, 9.17) is 13.9 Å². The number of aromatic nitrogens is 1. The number of likely N-dealkylation sites (tertiary alicyclic amines) is 1. The van der Waals surface area contributed by atoms with Crippen LogP contribution in [0.1, 0.15) is 51.5 Å². The molecule has 2 fully saturated rings. The third-order valence-electron chi connectivity index (χ3n) is 7.25. The van der Waals surface area contributed by atoms with Gasteiger partial charge in [0.1, 0.15) is 5.52 Å². The number of hydrogen-bond donors (Lipinski definition) is 2. The second-order valence-corrected chi connectivity index (χ2v) is 10.7. The Morgan fingerprint density at radius 3 is 2.62 bits per heavy atom. The van der Waals surface area contributed by atoms with Gasteiger partial charge in [0.15, 0.2) is 17.1 Å². The van der Waals surface area contributed by atoms with Gasteiger partial charge in [-0.2, -0.15) is 4.98 Å². The van der Waals surface area contributed by atoms with Crippen LogP contribution in [-0.4, -0.2) is 48.6 Å². The minimum atomic E-state index is 0.105. The lowest BCUT2D eigenvalue weighted by Gasteiger charge is -2.32. The average molecular weight is 507 g/mol. The highest BCUT2D eigenvalue weighted by Gasteiger charge is 2.25. The molecule has 1 saturated heterocycles. The number of anilines is 2. The van der Waals surface area contributed by atoms with Gasteiger partial charge in [-0.3, -0.25) is 9.69 Å². The van der Waals surface area contributed by atoms with Gasteiger partial charge in [0.2, 0.25) is 5.91 Å². The monoisotopic (exact) mass is 506 g/mol. The number of carbonyl (C=O) groups excluding carboxylic acids is 1. The van der Waals surface area contributed by atoms with Gasteiger partial charge in [-0.25, -0.2) is 0 Å². The predicted octanol–water partition coefficient (Wildman–Crippen LogP) is 5.69. The minimum Gasteiger partial charge on any atom is -0.493 e. The molecule has 37 heavy (non-hydrogen) atoms. The Bertz CT molecular complexity index is 1210. The van der Waals surface area contributed by atoms with Crippen LogP contribution in [0.5, 0.6) is 11.5 Å². The molecule has 2 heterocycles. The van der Waals surface area contributed by atoms with Crippen LogP contribution in [0.2, 0.25) is 0 Å². The molecule has 1 aliphatic heterocycles. The summed E-state index contributed by atoms with van der Waals surface area (Å²) in [5.74, 6) is 2.31. The molecule has 2 aliphatic rings. The molecular formula is C29H38N4O4. The zero-order valence-corrected chi connectivity index (χ0v) is 22.1. The maximum atomic E-state index is 12.3. The van der Waals surface area contributed by atoms with Crippen LogP contribution >= 0.6 is 0 Å².